The molecule has 0 bridgehead atoms. The highest BCUT2D eigenvalue weighted by Gasteiger charge is 2.24. The average molecular weight is 182 g/mol. The molecule has 0 aromatic carbocycles. The van der Waals surface area contributed by atoms with Gasteiger partial charge in [0.15, 0.2) is 0 Å². The van der Waals surface area contributed by atoms with Gasteiger partial charge in [-0.25, -0.2) is 0 Å². The summed E-state index contributed by atoms with van der Waals surface area (Å²) in [5.74, 6) is 0.974. The quantitative estimate of drug-likeness (QED) is 0.689. The zero-order chi connectivity index (χ0) is 9.10. The molecule has 1 heterocycles. The van der Waals surface area contributed by atoms with Gasteiger partial charge in [0, 0.05) is 12.1 Å². The second-order valence-electron chi connectivity index (χ2n) is 4.81. The number of hydrogen-bond acceptors (Lipinski definition) is 2. The van der Waals surface area contributed by atoms with Crippen molar-refractivity contribution in [1.29, 1.82) is 0 Å². The second-order valence-corrected chi connectivity index (χ2v) is 4.81. The van der Waals surface area contributed by atoms with E-state index in [0.29, 0.717) is 0 Å². The zero-order valence-electron chi connectivity index (χ0n) is 8.68. The van der Waals surface area contributed by atoms with E-state index in [2.05, 4.69) is 17.6 Å². The molecular formula is C11H22N2. The van der Waals surface area contributed by atoms with E-state index in [1.165, 1.54) is 45.2 Å². The van der Waals surface area contributed by atoms with Crippen LogP contribution < -0.4 is 10.6 Å². The summed E-state index contributed by atoms with van der Waals surface area (Å²) >= 11 is 0. The fourth-order valence-electron chi connectivity index (χ4n) is 2.53. The Balaban J connectivity index is 1.49. The summed E-state index contributed by atoms with van der Waals surface area (Å²) < 4.78 is 0. The summed E-state index contributed by atoms with van der Waals surface area (Å²) in [6, 6.07) is 1.65. The van der Waals surface area contributed by atoms with Gasteiger partial charge >= 0.3 is 0 Å². The minimum atomic E-state index is 0.810. The van der Waals surface area contributed by atoms with Gasteiger partial charge in [0.1, 0.15) is 0 Å². The third-order valence-corrected chi connectivity index (χ3v) is 3.46. The largest absolute Gasteiger partial charge is 0.314 e. The Morgan fingerprint density at radius 1 is 1.38 bits per heavy atom. The lowest BCUT2D eigenvalue weighted by atomic mass is 9.82. The summed E-state index contributed by atoms with van der Waals surface area (Å²) in [5, 5.41) is 7.17. The number of rotatable bonds is 4. The van der Waals surface area contributed by atoms with Crippen LogP contribution in [0.5, 0.6) is 0 Å². The Kier molecular flexibility index (Phi) is 3.23. The van der Waals surface area contributed by atoms with Gasteiger partial charge in [-0.1, -0.05) is 6.92 Å². The van der Waals surface area contributed by atoms with Crippen molar-refractivity contribution in [3.8, 4) is 0 Å². The van der Waals surface area contributed by atoms with Crippen molar-refractivity contribution in [3.63, 3.8) is 0 Å². The van der Waals surface area contributed by atoms with Crippen molar-refractivity contribution < 1.29 is 0 Å². The summed E-state index contributed by atoms with van der Waals surface area (Å²) in [4.78, 5) is 0. The third-order valence-electron chi connectivity index (χ3n) is 3.46. The molecule has 1 saturated heterocycles. The molecule has 1 aliphatic carbocycles. The maximum absolute atomic E-state index is 3.64. The lowest BCUT2D eigenvalue weighted by Crippen LogP contribution is -2.41. The molecule has 0 aromatic rings. The Hall–Kier alpha value is -0.0800. The first kappa shape index (κ1) is 9.47. The highest BCUT2D eigenvalue weighted by molar-refractivity contribution is 4.83. The lowest BCUT2D eigenvalue weighted by Gasteiger charge is -2.33. The Morgan fingerprint density at radius 3 is 2.85 bits per heavy atom. The average Bonchev–Trinajstić information content (AvgIpc) is 2.53. The molecule has 2 rings (SSSR count). The van der Waals surface area contributed by atoms with E-state index in [9.17, 15) is 0 Å². The summed E-state index contributed by atoms with van der Waals surface area (Å²) in [6.45, 7) is 4.80. The molecule has 13 heavy (non-hydrogen) atoms. The third kappa shape index (κ3) is 2.68. The Labute approximate surface area is 81.5 Å². The minimum absolute atomic E-state index is 0.810. The van der Waals surface area contributed by atoms with E-state index >= 15 is 0 Å². The molecular weight excluding hydrogens is 160 g/mol. The van der Waals surface area contributed by atoms with Crippen molar-refractivity contribution in [2.45, 2.75) is 51.1 Å². The zero-order valence-corrected chi connectivity index (χ0v) is 8.68. The van der Waals surface area contributed by atoms with Crippen LogP contribution in [-0.4, -0.2) is 25.2 Å². The topological polar surface area (TPSA) is 24.1 Å². The maximum Gasteiger partial charge on any atom is 0.00796 e. The number of nitrogens with one attached hydrogen (secondary N) is 2. The van der Waals surface area contributed by atoms with Gasteiger partial charge in [0.2, 0.25) is 0 Å². The van der Waals surface area contributed by atoms with Crippen LogP contribution in [0.15, 0.2) is 0 Å². The van der Waals surface area contributed by atoms with Crippen LogP contribution in [0, 0.1) is 5.92 Å². The monoisotopic (exact) mass is 182 g/mol. The SMILES string of the molecule is CC1CC(NCCC2CCCN2)C1. The van der Waals surface area contributed by atoms with E-state index in [1.807, 2.05) is 0 Å². The number of hydrogen-bond donors (Lipinski definition) is 2. The molecule has 2 fully saturated rings. The van der Waals surface area contributed by atoms with E-state index < -0.39 is 0 Å². The van der Waals surface area contributed by atoms with Crippen LogP contribution >= 0.6 is 0 Å². The van der Waals surface area contributed by atoms with E-state index in [-0.39, 0.29) is 0 Å². The first-order valence-electron chi connectivity index (χ1n) is 5.81. The minimum Gasteiger partial charge on any atom is -0.314 e. The first-order chi connectivity index (χ1) is 6.34. The van der Waals surface area contributed by atoms with Gasteiger partial charge < -0.3 is 10.6 Å². The molecule has 1 aliphatic heterocycles. The Morgan fingerprint density at radius 2 is 2.23 bits per heavy atom. The molecule has 1 unspecified atom stereocenters. The molecule has 76 valence electrons. The molecule has 2 N–H and O–H groups in total. The second kappa shape index (κ2) is 4.43. The fraction of sp³-hybridized carbons (Fsp3) is 1.00. The van der Waals surface area contributed by atoms with Crippen LogP contribution in [0.25, 0.3) is 0 Å². The highest BCUT2D eigenvalue weighted by Crippen LogP contribution is 2.26. The lowest BCUT2D eigenvalue weighted by molar-refractivity contribution is 0.239. The summed E-state index contributed by atoms with van der Waals surface area (Å²) in [6.07, 6.45) is 6.90. The normalized spacial score (nSPS) is 39.0. The first-order valence-corrected chi connectivity index (χ1v) is 5.81. The van der Waals surface area contributed by atoms with Crippen molar-refractivity contribution in [1.82, 2.24) is 10.6 Å². The van der Waals surface area contributed by atoms with Gasteiger partial charge in [0.25, 0.3) is 0 Å². The van der Waals surface area contributed by atoms with Gasteiger partial charge in [0.05, 0.1) is 0 Å². The molecule has 1 saturated carbocycles. The maximum atomic E-state index is 3.64. The molecule has 0 aromatic heterocycles. The highest BCUT2D eigenvalue weighted by atomic mass is 15.0. The van der Waals surface area contributed by atoms with E-state index in [4.69, 9.17) is 0 Å². The molecule has 0 amide bonds. The van der Waals surface area contributed by atoms with Gasteiger partial charge in [-0.15, -0.1) is 0 Å². The van der Waals surface area contributed by atoms with Gasteiger partial charge in [-0.3, -0.25) is 0 Å². The van der Waals surface area contributed by atoms with Crippen LogP contribution in [-0.2, 0) is 0 Å². The standard InChI is InChI=1S/C11H22N2/c1-9-7-11(8-9)13-6-4-10-3-2-5-12-10/h9-13H,2-8H2,1H3. The predicted molar refractivity (Wildman–Crippen MR) is 55.8 cm³/mol. The van der Waals surface area contributed by atoms with Gasteiger partial charge in [-0.05, 0) is 51.1 Å². The summed E-state index contributed by atoms with van der Waals surface area (Å²) in [5.41, 5.74) is 0. The van der Waals surface area contributed by atoms with Gasteiger partial charge in [-0.2, -0.15) is 0 Å². The predicted octanol–water partition coefficient (Wildman–Crippen LogP) is 1.52. The van der Waals surface area contributed by atoms with E-state index in [0.717, 1.165) is 18.0 Å². The Bertz CT molecular complexity index is 146. The molecule has 2 nitrogen and oxygen atoms in total. The fourth-order valence-corrected chi connectivity index (χ4v) is 2.53. The summed E-state index contributed by atoms with van der Waals surface area (Å²) in [7, 11) is 0. The van der Waals surface area contributed by atoms with Crippen molar-refractivity contribution in [2.24, 2.45) is 5.92 Å². The van der Waals surface area contributed by atoms with Crippen LogP contribution in [0.3, 0.4) is 0 Å². The van der Waals surface area contributed by atoms with Crippen molar-refractivity contribution >= 4 is 0 Å². The molecule has 2 heteroatoms. The molecule has 0 spiro atoms. The smallest absolute Gasteiger partial charge is 0.00796 e. The molecule has 0 radical (unpaired) electrons. The van der Waals surface area contributed by atoms with E-state index in [1.54, 1.807) is 0 Å². The molecule has 1 atom stereocenters. The van der Waals surface area contributed by atoms with Crippen LogP contribution in [0.4, 0.5) is 0 Å². The molecule has 2 aliphatic rings. The van der Waals surface area contributed by atoms with Crippen LogP contribution in [0.1, 0.15) is 39.0 Å². The van der Waals surface area contributed by atoms with Crippen molar-refractivity contribution in [2.75, 3.05) is 13.1 Å². The van der Waals surface area contributed by atoms with Crippen LogP contribution in [0.2, 0.25) is 0 Å². The van der Waals surface area contributed by atoms with Crippen molar-refractivity contribution in [3.05, 3.63) is 0 Å².